The number of aryl methyl sites for hydroxylation is 1. The molecule has 112 valence electrons. The number of hydrogen-bond acceptors (Lipinski definition) is 3. The van der Waals surface area contributed by atoms with Crippen LogP contribution in [0.2, 0.25) is 0 Å². The molecule has 7 heteroatoms. The summed E-state index contributed by atoms with van der Waals surface area (Å²) in [6.45, 7) is 1.64. The van der Waals surface area contributed by atoms with Gasteiger partial charge in [0.2, 0.25) is 0 Å². The van der Waals surface area contributed by atoms with Crippen LogP contribution in [0.15, 0.2) is 34.9 Å². The Hall–Kier alpha value is -2.44. The Morgan fingerprint density at radius 1 is 1.33 bits per heavy atom. The molecule has 0 aliphatic carbocycles. The number of alkyl halides is 3. The van der Waals surface area contributed by atoms with E-state index in [0.717, 1.165) is 12.1 Å². The number of rotatable bonds is 4. The number of benzene rings is 1. The van der Waals surface area contributed by atoms with Gasteiger partial charge in [-0.1, -0.05) is 6.07 Å². The first-order valence-corrected chi connectivity index (χ1v) is 6.00. The smallest absolute Gasteiger partial charge is 0.416 e. The second kappa shape index (κ2) is 5.51. The highest BCUT2D eigenvalue weighted by molar-refractivity contribution is 5.88. The maximum absolute atomic E-state index is 12.7. The zero-order valence-corrected chi connectivity index (χ0v) is 11.0. The van der Waals surface area contributed by atoms with Crippen molar-refractivity contribution in [3.63, 3.8) is 0 Å². The highest BCUT2D eigenvalue weighted by Crippen LogP contribution is 2.32. The SMILES string of the molecule is Cc1ccc(C(F)(F)F)cc1NCc1occc1C(=O)O. The van der Waals surface area contributed by atoms with Gasteiger partial charge in [-0.3, -0.25) is 0 Å². The highest BCUT2D eigenvalue weighted by Gasteiger charge is 2.30. The van der Waals surface area contributed by atoms with Crippen molar-refractivity contribution in [3.8, 4) is 0 Å². The second-order valence-electron chi connectivity index (χ2n) is 4.44. The van der Waals surface area contributed by atoms with E-state index in [1.165, 1.54) is 18.4 Å². The van der Waals surface area contributed by atoms with Crippen LogP contribution in [0.5, 0.6) is 0 Å². The number of hydrogen-bond donors (Lipinski definition) is 2. The van der Waals surface area contributed by atoms with E-state index >= 15 is 0 Å². The molecule has 0 saturated carbocycles. The minimum Gasteiger partial charge on any atom is -0.478 e. The summed E-state index contributed by atoms with van der Waals surface area (Å²) in [5.74, 6) is -0.999. The summed E-state index contributed by atoms with van der Waals surface area (Å²) in [7, 11) is 0. The molecular formula is C14H12F3NO3. The van der Waals surface area contributed by atoms with Crippen LogP contribution in [0, 0.1) is 6.92 Å². The van der Waals surface area contributed by atoms with E-state index in [9.17, 15) is 18.0 Å². The molecule has 2 N–H and O–H groups in total. The van der Waals surface area contributed by atoms with Gasteiger partial charge >= 0.3 is 12.1 Å². The predicted molar refractivity (Wildman–Crippen MR) is 69.2 cm³/mol. The first kappa shape index (κ1) is 15.0. The number of carbonyl (C=O) groups is 1. The molecular weight excluding hydrogens is 287 g/mol. The average molecular weight is 299 g/mol. The fraction of sp³-hybridized carbons (Fsp3) is 0.214. The molecule has 1 aromatic carbocycles. The Kier molecular flexibility index (Phi) is 3.93. The Balaban J connectivity index is 2.20. The van der Waals surface area contributed by atoms with Crippen molar-refractivity contribution in [1.82, 2.24) is 0 Å². The van der Waals surface area contributed by atoms with E-state index in [1.807, 2.05) is 0 Å². The number of carboxylic acid groups (broad SMARTS) is 1. The van der Waals surface area contributed by atoms with E-state index in [1.54, 1.807) is 6.92 Å². The van der Waals surface area contributed by atoms with Gasteiger partial charge in [-0.25, -0.2) is 4.79 Å². The Bertz CT molecular complexity index is 662. The number of carboxylic acids is 1. The fourth-order valence-corrected chi connectivity index (χ4v) is 1.83. The minimum absolute atomic E-state index is 0.0171. The molecule has 2 aromatic rings. The molecule has 4 nitrogen and oxygen atoms in total. The van der Waals surface area contributed by atoms with E-state index in [4.69, 9.17) is 9.52 Å². The third kappa shape index (κ3) is 3.36. The summed E-state index contributed by atoms with van der Waals surface area (Å²) < 4.78 is 43.0. The molecule has 0 atom stereocenters. The largest absolute Gasteiger partial charge is 0.478 e. The van der Waals surface area contributed by atoms with E-state index < -0.39 is 17.7 Å². The Morgan fingerprint density at radius 2 is 2.05 bits per heavy atom. The van der Waals surface area contributed by atoms with E-state index in [2.05, 4.69) is 5.32 Å². The van der Waals surface area contributed by atoms with Crippen molar-refractivity contribution in [1.29, 1.82) is 0 Å². The molecule has 0 amide bonds. The zero-order valence-electron chi connectivity index (χ0n) is 11.0. The number of halogens is 3. The monoisotopic (exact) mass is 299 g/mol. The maximum Gasteiger partial charge on any atom is 0.416 e. The van der Waals surface area contributed by atoms with Gasteiger partial charge in [-0.15, -0.1) is 0 Å². The predicted octanol–water partition coefficient (Wildman–Crippen LogP) is 3.92. The molecule has 0 aliphatic heterocycles. The van der Waals surface area contributed by atoms with Crippen molar-refractivity contribution in [2.24, 2.45) is 0 Å². The lowest BCUT2D eigenvalue weighted by atomic mass is 10.1. The van der Waals surface area contributed by atoms with E-state index in [-0.39, 0.29) is 23.6 Å². The number of nitrogens with one attached hydrogen (secondary N) is 1. The average Bonchev–Trinajstić information content (AvgIpc) is 2.85. The molecule has 0 fully saturated rings. The van der Waals surface area contributed by atoms with Crippen molar-refractivity contribution in [2.45, 2.75) is 19.6 Å². The summed E-state index contributed by atoms with van der Waals surface area (Å²) in [6, 6.07) is 4.62. The molecule has 1 aromatic heterocycles. The first-order chi connectivity index (χ1) is 9.79. The molecule has 0 aliphatic rings. The lowest BCUT2D eigenvalue weighted by Gasteiger charge is -2.13. The normalized spacial score (nSPS) is 11.4. The van der Waals surface area contributed by atoms with Gasteiger partial charge in [0.25, 0.3) is 0 Å². The molecule has 1 heterocycles. The highest BCUT2D eigenvalue weighted by atomic mass is 19.4. The number of anilines is 1. The van der Waals surface area contributed by atoms with Crippen molar-refractivity contribution in [3.05, 3.63) is 53.0 Å². The number of furan rings is 1. The van der Waals surface area contributed by atoms with Crippen LogP contribution < -0.4 is 5.32 Å². The van der Waals surface area contributed by atoms with Gasteiger partial charge < -0.3 is 14.8 Å². The van der Waals surface area contributed by atoms with E-state index in [0.29, 0.717) is 5.56 Å². The van der Waals surface area contributed by atoms with Crippen LogP contribution in [-0.2, 0) is 12.7 Å². The third-order valence-electron chi connectivity index (χ3n) is 2.98. The second-order valence-corrected chi connectivity index (χ2v) is 4.44. The summed E-state index contributed by atoms with van der Waals surface area (Å²) >= 11 is 0. The number of aromatic carboxylic acids is 1. The van der Waals surface area contributed by atoms with Gasteiger partial charge in [-0.05, 0) is 30.7 Å². The quantitative estimate of drug-likeness (QED) is 0.898. The Labute approximate surface area is 118 Å². The molecule has 21 heavy (non-hydrogen) atoms. The summed E-state index contributed by atoms with van der Waals surface area (Å²) in [6.07, 6.45) is -3.21. The fourth-order valence-electron chi connectivity index (χ4n) is 1.83. The minimum atomic E-state index is -4.43. The molecule has 0 spiro atoms. The van der Waals surface area contributed by atoms with Gasteiger partial charge in [0.05, 0.1) is 18.4 Å². The standard InChI is InChI=1S/C14H12F3NO3/c1-8-2-3-9(14(15,16)17)6-11(8)18-7-12-10(13(19)20)4-5-21-12/h2-6,18H,7H2,1H3,(H,19,20). The Morgan fingerprint density at radius 3 is 2.67 bits per heavy atom. The summed E-state index contributed by atoms with van der Waals surface area (Å²) in [5.41, 5.74) is 0.102. The van der Waals surface area contributed by atoms with Crippen LogP contribution in [0.25, 0.3) is 0 Å². The summed E-state index contributed by atoms with van der Waals surface area (Å²) in [4.78, 5) is 10.9. The maximum atomic E-state index is 12.7. The lowest BCUT2D eigenvalue weighted by molar-refractivity contribution is -0.137. The van der Waals surface area contributed by atoms with Gasteiger partial charge in [0.15, 0.2) is 0 Å². The van der Waals surface area contributed by atoms with Crippen molar-refractivity contribution < 1.29 is 27.5 Å². The van der Waals surface area contributed by atoms with Gasteiger partial charge in [-0.2, -0.15) is 13.2 Å². The van der Waals surface area contributed by atoms with Gasteiger partial charge in [0, 0.05) is 5.69 Å². The van der Waals surface area contributed by atoms with Crippen LogP contribution in [0.4, 0.5) is 18.9 Å². The molecule has 0 unspecified atom stereocenters. The third-order valence-corrected chi connectivity index (χ3v) is 2.98. The van der Waals surface area contributed by atoms with Gasteiger partial charge in [0.1, 0.15) is 11.3 Å². The van der Waals surface area contributed by atoms with Crippen LogP contribution in [-0.4, -0.2) is 11.1 Å². The molecule has 0 radical (unpaired) electrons. The molecule has 0 bridgehead atoms. The van der Waals surface area contributed by atoms with Crippen LogP contribution in [0.3, 0.4) is 0 Å². The first-order valence-electron chi connectivity index (χ1n) is 6.00. The molecule has 2 rings (SSSR count). The summed E-state index contributed by atoms with van der Waals surface area (Å²) in [5, 5.41) is 11.7. The zero-order chi connectivity index (χ0) is 15.6. The van der Waals surface area contributed by atoms with Crippen molar-refractivity contribution in [2.75, 3.05) is 5.32 Å². The molecule has 0 saturated heterocycles. The van der Waals surface area contributed by atoms with Crippen LogP contribution >= 0.6 is 0 Å². The topological polar surface area (TPSA) is 62.5 Å². The lowest BCUT2D eigenvalue weighted by Crippen LogP contribution is -2.08. The van der Waals surface area contributed by atoms with Crippen LogP contribution in [0.1, 0.15) is 27.2 Å². The van der Waals surface area contributed by atoms with Crippen molar-refractivity contribution >= 4 is 11.7 Å².